The highest BCUT2D eigenvalue weighted by Gasteiger charge is 2.41. The van der Waals surface area contributed by atoms with Gasteiger partial charge in [-0.15, -0.1) is 22.7 Å². The average molecular weight is 424 g/mol. The van der Waals surface area contributed by atoms with E-state index in [-0.39, 0.29) is 18.0 Å². The van der Waals surface area contributed by atoms with Gasteiger partial charge in [0.05, 0.1) is 12.7 Å². The van der Waals surface area contributed by atoms with E-state index in [4.69, 9.17) is 0 Å². The van der Waals surface area contributed by atoms with Crippen LogP contribution in [0.3, 0.4) is 0 Å². The zero-order valence-corrected chi connectivity index (χ0v) is 17.4. The third-order valence-electron chi connectivity index (χ3n) is 5.59. The molecule has 5 rings (SSSR count). The highest BCUT2D eigenvalue weighted by atomic mass is 32.1. The van der Waals surface area contributed by atoms with Gasteiger partial charge in [-0.3, -0.25) is 9.69 Å². The number of nitrogens with zero attached hydrogens (tertiary/aromatic N) is 2. The number of hydrogen-bond donors (Lipinski definition) is 1. The molecule has 7 heteroatoms. The second-order valence-corrected chi connectivity index (χ2v) is 9.36. The van der Waals surface area contributed by atoms with E-state index in [1.165, 1.54) is 20.2 Å². The van der Waals surface area contributed by atoms with Crippen LogP contribution in [0.2, 0.25) is 0 Å². The summed E-state index contributed by atoms with van der Waals surface area (Å²) in [6.45, 7) is 1.14. The Bertz CT molecular complexity index is 1020. The van der Waals surface area contributed by atoms with E-state index in [9.17, 15) is 9.59 Å². The molecule has 5 nitrogen and oxygen atoms in total. The van der Waals surface area contributed by atoms with Crippen LogP contribution in [0.1, 0.15) is 26.9 Å². The fourth-order valence-electron chi connectivity index (χ4n) is 4.18. The number of thiophene rings is 2. The number of urea groups is 1. The lowest BCUT2D eigenvalue weighted by Gasteiger charge is -2.37. The first kappa shape index (κ1) is 18.5. The number of amides is 3. The number of nitrogens with one attached hydrogen (secondary N) is 1. The van der Waals surface area contributed by atoms with Crippen molar-refractivity contribution in [2.45, 2.75) is 24.9 Å². The Morgan fingerprint density at radius 3 is 2.66 bits per heavy atom. The molecule has 2 atom stereocenters. The predicted octanol–water partition coefficient (Wildman–Crippen LogP) is 3.88. The van der Waals surface area contributed by atoms with Crippen LogP contribution in [-0.4, -0.2) is 41.0 Å². The molecule has 29 heavy (non-hydrogen) atoms. The van der Waals surface area contributed by atoms with Crippen molar-refractivity contribution in [1.82, 2.24) is 15.1 Å². The molecule has 148 valence electrons. The molecule has 0 aliphatic carbocycles. The van der Waals surface area contributed by atoms with E-state index in [1.807, 2.05) is 30.3 Å². The van der Waals surface area contributed by atoms with E-state index in [1.54, 1.807) is 22.7 Å². The van der Waals surface area contributed by atoms with Crippen LogP contribution < -0.4 is 5.32 Å². The molecule has 4 heterocycles. The number of benzene rings is 1. The van der Waals surface area contributed by atoms with Crippen molar-refractivity contribution in [1.29, 1.82) is 0 Å². The Balaban J connectivity index is 1.36. The quantitative estimate of drug-likeness (QED) is 0.634. The van der Waals surface area contributed by atoms with Gasteiger partial charge in [0.15, 0.2) is 0 Å². The SMILES string of the molecule is O=C1N[C@@H](Cc2ccccc2)C(=O)N1CN1CCc2sccc2[C@@H]1c1cccs1. The fraction of sp³-hybridized carbons (Fsp3) is 0.273. The van der Waals surface area contributed by atoms with E-state index in [2.05, 4.69) is 39.2 Å². The summed E-state index contributed by atoms with van der Waals surface area (Å²) in [5.41, 5.74) is 2.35. The Labute approximate surface area is 177 Å². The van der Waals surface area contributed by atoms with Gasteiger partial charge in [0.2, 0.25) is 0 Å². The zero-order chi connectivity index (χ0) is 19.8. The van der Waals surface area contributed by atoms with Crippen LogP contribution in [0, 0.1) is 0 Å². The minimum atomic E-state index is -0.494. The monoisotopic (exact) mass is 423 g/mol. The zero-order valence-electron chi connectivity index (χ0n) is 15.8. The Morgan fingerprint density at radius 1 is 1.00 bits per heavy atom. The molecule has 0 unspecified atom stereocenters. The van der Waals surface area contributed by atoms with Crippen LogP contribution in [0.15, 0.2) is 59.3 Å². The molecule has 2 aromatic heterocycles. The summed E-state index contributed by atoms with van der Waals surface area (Å²) in [5.74, 6) is -0.139. The summed E-state index contributed by atoms with van der Waals surface area (Å²) in [5, 5.41) is 7.09. The molecule has 1 N–H and O–H groups in total. The van der Waals surface area contributed by atoms with Crippen LogP contribution in [0.5, 0.6) is 0 Å². The maximum Gasteiger partial charge on any atom is 0.325 e. The minimum Gasteiger partial charge on any atom is -0.325 e. The number of hydrogen-bond acceptors (Lipinski definition) is 5. The van der Waals surface area contributed by atoms with Crippen molar-refractivity contribution in [2.24, 2.45) is 0 Å². The van der Waals surface area contributed by atoms with Gasteiger partial charge in [0.25, 0.3) is 5.91 Å². The maximum absolute atomic E-state index is 13.0. The average Bonchev–Trinajstić information content (AvgIpc) is 3.47. The van der Waals surface area contributed by atoms with Crippen LogP contribution >= 0.6 is 22.7 Å². The maximum atomic E-state index is 13.0. The van der Waals surface area contributed by atoms with Gasteiger partial charge in [-0.2, -0.15) is 0 Å². The van der Waals surface area contributed by atoms with Gasteiger partial charge in [0, 0.05) is 22.7 Å². The van der Waals surface area contributed by atoms with E-state index < -0.39 is 6.04 Å². The Morgan fingerprint density at radius 2 is 1.86 bits per heavy atom. The lowest BCUT2D eigenvalue weighted by Crippen LogP contribution is -2.46. The number of imide groups is 1. The molecule has 2 aliphatic heterocycles. The highest BCUT2D eigenvalue weighted by Crippen LogP contribution is 2.39. The summed E-state index contributed by atoms with van der Waals surface area (Å²) in [6.07, 6.45) is 1.47. The first-order chi connectivity index (χ1) is 14.2. The molecule has 0 radical (unpaired) electrons. The second-order valence-electron chi connectivity index (χ2n) is 7.38. The number of rotatable bonds is 5. The molecule has 0 bridgehead atoms. The van der Waals surface area contributed by atoms with Crippen LogP contribution in [-0.2, 0) is 17.6 Å². The van der Waals surface area contributed by atoms with Crippen LogP contribution in [0.25, 0.3) is 0 Å². The van der Waals surface area contributed by atoms with Crippen molar-refractivity contribution in [3.63, 3.8) is 0 Å². The van der Waals surface area contributed by atoms with Crippen molar-refractivity contribution in [2.75, 3.05) is 13.2 Å². The number of fused-ring (bicyclic) bond motifs is 1. The van der Waals surface area contributed by atoms with E-state index in [0.29, 0.717) is 13.1 Å². The van der Waals surface area contributed by atoms with Crippen molar-refractivity contribution >= 4 is 34.6 Å². The summed E-state index contributed by atoms with van der Waals surface area (Å²) in [4.78, 5) is 31.9. The summed E-state index contributed by atoms with van der Waals surface area (Å²) in [6, 6.07) is 15.5. The van der Waals surface area contributed by atoms with Gasteiger partial charge < -0.3 is 5.32 Å². The van der Waals surface area contributed by atoms with Gasteiger partial charge >= 0.3 is 6.03 Å². The minimum absolute atomic E-state index is 0.0961. The normalized spacial score (nSPS) is 22.0. The molecular formula is C22H21N3O2S2. The first-order valence-corrected chi connectivity index (χ1v) is 11.5. The lowest BCUT2D eigenvalue weighted by atomic mass is 9.99. The Hall–Kier alpha value is -2.48. The van der Waals surface area contributed by atoms with Crippen LogP contribution in [0.4, 0.5) is 4.79 Å². The smallest absolute Gasteiger partial charge is 0.325 e. The fourth-order valence-corrected chi connectivity index (χ4v) is 5.96. The first-order valence-electron chi connectivity index (χ1n) is 9.70. The van der Waals surface area contributed by atoms with Crippen molar-refractivity contribution < 1.29 is 9.59 Å². The molecule has 1 aromatic carbocycles. The largest absolute Gasteiger partial charge is 0.325 e. The topological polar surface area (TPSA) is 52.7 Å². The van der Waals surface area contributed by atoms with Gasteiger partial charge in [-0.25, -0.2) is 9.69 Å². The Kier molecular flexibility index (Phi) is 4.95. The molecule has 3 amide bonds. The molecular weight excluding hydrogens is 402 g/mol. The molecule has 1 saturated heterocycles. The number of carbonyl (C=O) groups is 2. The third-order valence-corrected chi connectivity index (χ3v) is 7.51. The summed E-state index contributed by atoms with van der Waals surface area (Å²) in [7, 11) is 0. The third kappa shape index (κ3) is 3.50. The predicted molar refractivity (Wildman–Crippen MR) is 115 cm³/mol. The standard InChI is InChI=1S/C22H21N3O2S2/c26-21-17(13-15-5-2-1-3-6-15)23-22(27)25(21)14-24-10-8-18-16(9-12-29-18)20(24)19-7-4-11-28-19/h1-7,9,11-12,17,20H,8,10,13-14H2,(H,23,27)/t17-,20+/m0/s1. The summed E-state index contributed by atoms with van der Waals surface area (Å²) >= 11 is 3.51. The molecule has 1 fully saturated rings. The summed E-state index contributed by atoms with van der Waals surface area (Å²) < 4.78 is 0. The molecule has 3 aromatic rings. The van der Waals surface area contributed by atoms with E-state index >= 15 is 0 Å². The van der Waals surface area contributed by atoms with Crippen molar-refractivity contribution in [3.8, 4) is 0 Å². The molecule has 2 aliphatic rings. The highest BCUT2D eigenvalue weighted by molar-refractivity contribution is 7.10. The van der Waals surface area contributed by atoms with Gasteiger partial charge in [-0.05, 0) is 40.4 Å². The van der Waals surface area contributed by atoms with E-state index in [0.717, 1.165) is 18.5 Å². The number of carbonyl (C=O) groups excluding carboxylic acids is 2. The second kappa shape index (κ2) is 7.74. The van der Waals surface area contributed by atoms with Gasteiger partial charge in [-0.1, -0.05) is 36.4 Å². The molecule has 0 saturated carbocycles. The van der Waals surface area contributed by atoms with Gasteiger partial charge in [0.1, 0.15) is 6.04 Å². The molecule has 0 spiro atoms. The van der Waals surface area contributed by atoms with Crippen molar-refractivity contribution in [3.05, 3.63) is 80.2 Å². The lowest BCUT2D eigenvalue weighted by molar-refractivity contribution is -0.129.